The van der Waals surface area contributed by atoms with E-state index in [0.717, 1.165) is 19.3 Å². The van der Waals surface area contributed by atoms with Crippen molar-refractivity contribution >= 4 is 17.6 Å². The second-order valence-electron chi connectivity index (χ2n) is 6.40. The smallest absolute Gasteiger partial charge is 0.339 e. The molecule has 0 saturated carbocycles. The highest BCUT2D eigenvalue weighted by atomic mass is 16.6. The Morgan fingerprint density at radius 1 is 1.35 bits per heavy atom. The lowest BCUT2D eigenvalue weighted by Gasteiger charge is -2.16. The Hall–Kier alpha value is -2.70. The van der Waals surface area contributed by atoms with E-state index in [4.69, 9.17) is 4.74 Å². The van der Waals surface area contributed by atoms with Crippen LogP contribution in [0.5, 0.6) is 0 Å². The molecule has 0 bridgehead atoms. The summed E-state index contributed by atoms with van der Waals surface area (Å²) in [5, 5.41) is 13.7. The standard InChI is InChI=1S/C19H24N2O5/c1-13-16(9-6-10-17(13)21(24)25)19(23)26-14(2)18(22)20-12-11-15-7-4-3-5-8-15/h6-7,9-10,14H,3-5,8,11-12H2,1-2H3,(H,20,22)/t14-/m1/s1. The van der Waals surface area contributed by atoms with Crippen molar-refractivity contribution in [2.75, 3.05) is 6.54 Å². The van der Waals surface area contributed by atoms with Gasteiger partial charge in [0.15, 0.2) is 6.10 Å². The first-order valence-electron chi connectivity index (χ1n) is 8.80. The first-order valence-corrected chi connectivity index (χ1v) is 8.80. The van der Waals surface area contributed by atoms with Crippen molar-refractivity contribution in [1.29, 1.82) is 0 Å². The summed E-state index contributed by atoms with van der Waals surface area (Å²) < 4.78 is 5.17. The highest BCUT2D eigenvalue weighted by Crippen LogP contribution is 2.22. The van der Waals surface area contributed by atoms with E-state index < -0.39 is 17.0 Å². The average molecular weight is 360 g/mol. The molecular weight excluding hydrogens is 336 g/mol. The van der Waals surface area contributed by atoms with Gasteiger partial charge in [-0.3, -0.25) is 14.9 Å². The number of ether oxygens (including phenoxy) is 1. The van der Waals surface area contributed by atoms with Crippen molar-refractivity contribution in [1.82, 2.24) is 5.32 Å². The summed E-state index contributed by atoms with van der Waals surface area (Å²) >= 11 is 0. The summed E-state index contributed by atoms with van der Waals surface area (Å²) in [5.41, 5.74) is 1.51. The Labute approximate surface area is 152 Å². The third-order valence-corrected chi connectivity index (χ3v) is 4.51. The molecule has 1 atom stereocenters. The number of carbonyl (C=O) groups is 2. The van der Waals surface area contributed by atoms with Gasteiger partial charge in [-0.05, 0) is 52.0 Å². The molecule has 0 aromatic heterocycles. The summed E-state index contributed by atoms with van der Waals surface area (Å²) in [5.74, 6) is -1.12. The lowest BCUT2D eigenvalue weighted by Crippen LogP contribution is -2.36. The number of hydrogen-bond acceptors (Lipinski definition) is 5. The van der Waals surface area contributed by atoms with Crippen molar-refractivity contribution in [2.24, 2.45) is 0 Å². The Morgan fingerprint density at radius 2 is 2.12 bits per heavy atom. The van der Waals surface area contributed by atoms with E-state index >= 15 is 0 Å². The van der Waals surface area contributed by atoms with Gasteiger partial charge < -0.3 is 10.1 Å². The Kier molecular flexibility index (Phi) is 6.89. The summed E-state index contributed by atoms with van der Waals surface area (Å²) in [6.45, 7) is 3.47. The van der Waals surface area contributed by atoms with Gasteiger partial charge in [-0.1, -0.05) is 17.7 Å². The van der Waals surface area contributed by atoms with Crippen LogP contribution in [-0.4, -0.2) is 29.4 Å². The SMILES string of the molecule is Cc1c(C(=O)O[C@H](C)C(=O)NCCC2=CCCCC2)cccc1[N+](=O)[O-]. The van der Waals surface area contributed by atoms with Crippen molar-refractivity contribution in [3.63, 3.8) is 0 Å². The molecule has 7 nitrogen and oxygen atoms in total. The van der Waals surface area contributed by atoms with Crippen LogP contribution in [0, 0.1) is 17.0 Å². The van der Waals surface area contributed by atoms with Gasteiger partial charge >= 0.3 is 5.97 Å². The number of carbonyl (C=O) groups excluding carboxylic acids is 2. The topological polar surface area (TPSA) is 98.5 Å². The molecule has 0 aliphatic heterocycles. The maximum atomic E-state index is 12.2. The molecule has 7 heteroatoms. The molecule has 1 aromatic rings. The third-order valence-electron chi connectivity index (χ3n) is 4.51. The fraction of sp³-hybridized carbons (Fsp3) is 0.474. The van der Waals surface area contributed by atoms with E-state index in [-0.39, 0.29) is 22.7 Å². The van der Waals surface area contributed by atoms with Gasteiger partial charge in [0.2, 0.25) is 0 Å². The molecule has 140 valence electrons. The van der Waals surface area contributed by atoms with Crippen molar-refractivity contribution < 1.29 is 19.2 Å². The molecule has 0 unspecified atom stereocenters. The molecule has 0 radical (unpaired) electrons. The monoisotopic (exact) mass is 360 g/mol. The first-order chi connectivity index (χ1) is 12.4. The van der Waals surface area contributed by atoms with Crippen molar-refractivity contribution in [3.8, 4) is 0 Å². The van der Waals surface area contributed by atoms with E-state index in [9.17, 15) is 19.7 Å². The average Bonchev–Trinajstić information content (AvgIpc) is 2.62. The van der Waals surface area contributed by atoms with E-state index in [0.29, 0.717) is 6.54 Å². The molecular formula is C19H24N2O5. The molecule has 1 N–H and O–H groups in total. The first kappa shape index (κ1) is 19.6. The molecule has 2 rings (SSSR count). The number of rotatable bonds is 7. The van der Waals surface area contributed by atoms with Gasteiger partial charge in [0.1, 0.15) is 0 Å². The number of amides is 1. The van der Waals surface area contributed by atoms with Crippen molar-refractivity contribution in [2.45, 2.75) is 52.1 Å². The molecule has 0 fully saturated rings. The lowest BCUT2D eigenvalue weighted by molar-refractivity contribution is -0.385. The fourth-order valence-electron chi connectivity index (χ4n) is 2.94. The normalized spacial score (nSPS) is 14.9. The quantitative estimate of drug-likeness (QED) is 0.347. The zero-order chi connectivity index (χ0) is 19.1. The van der Waals surface area contributed by atoms with Gasteiger partial charge in [0.25, 0.3) is 11.6 Å². The largest absolute Gasteiger partial charge is 0.449 e. The zero-order valence-electron chi connectivity index (χ0n) is 15.1. The summed E-state index contributed by atoms with van der Waals surface area (Å²) in [6, 6.07) is 4.19. The predicted molar refractivity (Wildman–Crippen MR) is 96.9 cm³/mol. The Balaban J connectivity index is 1.88. The van der Waals surface area contributed by atoms with E-state index in [2.05, 4.69) is 11.4 Å². The molecule has 1 amide bonds. The molecule has 0 heterocycles. The molecule has 0 spiro atoms. The second kappa shape index (κ2) is 9.12. The number of nitrogens with zero attached hydrogens (tertiary/aromatic N) is 1. The number of benzene rings is 1. The Morgan fingerprint density at radius 3 is 2.77 bits per heavy atom. The number of esters is 1. The van der Waals surface area contributed by atoms with Crippen LogP contribution in [0.4, 0.5) is 5.69 Å². The lowest BCUT2D eigenvalue weighted by atomic mass is 9.97. The molecule has 1 aromatic carbocycles. The summed E-state index contributed by atoms with van der Waals surface area (Å²) in [4.78, 5) is 34.7. The molecule has 1 aliphatic rings. The minimum Gasteiger partial charge on any atom is -0.449 e. The number of hydrogen-bond donors (Lipinski definition) is 1. The van der Waals surface area contributed by atoms with Crippen LogP contribution in [0.2, 0.25) is 0 Å². The van der Waals surface area contributed by atoms with Gasteiger partial charge in [0, 0.05) is 18.2 Å². The maximum absolute atomic E-state index is 12.2. The predicted octanol–water partition coefficient (Wildman–Crippen LogP) is 3.46. The highest BCUT2D eigenvalue weighted by molar-refractivity contribution is 5.94. The van der Waals surface area contributed by atoms with Crippen molar-refractivity contribution in [3.05, 3.63) is 51.1 Å². The summed E-state index contributed by atoms with van der Waals surface area (Å²) in [6.07, 6.45) is 6.64. The van der Waals surface area contributed by atoms with E-state index in [1.807, 2.05) is 0 Å². The third kappa shape index (κ3) is 5.15. The van der Waals surface area contributed by atoms with Gasteiger partial charge in [0.05, 0.1) is 10.5 Å². The molecule has 26 heavy (non-hydrogen) atoms. The number of nitro benzene ring substituents is 1. The zero-order valence-corrected chi connectivity index (χ0v) is 15.1. The molecule has 1 aliphatic carbocycles. The minimum atomic E-state index is -0.971. The van der Waals surface area contributed by atoms with Crippen LogP contribution >= 0.6 is 0 Å². The van der Waals surface area contributed by atoms with Crippen LogP contribution in [0.25, 0.3) is 0 Å². The van der Waals surface area contributed by atoms with E-state index in [1.54, 1.807) is 0 Å². The van der Waals surface area contributed by atoms with Crippen LogP contribution in [-0.2, 0) is 9.53 Å². The highest BCUT2D eigenvalue weighted by Gasteiger charge is 2.23. The number of nitro groups is 1. The molecule has 0 saturated heterocycles. The maximum Gasteiger partial charge on any atom is 0.339 e. The van der Waals surface area contributed by atoms with Crippen LogP contribution < -0.4 is 5.32 Å². The van der Waals surface area contributed by atoms with Gasteiger partial charge in [-0.2, -0.15) is 0 Å². The summed E-state index contributed by atoms with van der Waals surface area (Å²) in [7, 11) is 0. The number of nitrogens with one attached hydrogen (secondary N) is 1. The fourth-order valence-corrected chi connectivity index (χ4v) is 2.94. The second-order valence-corrected chi connectivity index (χ2v) is 6.40. The number of allylic oxidation sites excluding steroid dienone is 1. The van der Waals surface area contributed by atoms with Crippen LogP contribution in [0.3, 0.4) is 0 Å². The van der Waals surface area contributed by atoms with E-state index in [1.165, 1.54) is 50.5 Å². The van der Waals surface area contributed by atoms with Gasteiger partial charge in [-0.25, -0.2) is 4.79 Å². The Bertz CT molecular complexity index is 727. The van der Waals surface area contributed by atoms with Crippen LogP contribution in [0.15, 0.2) is 29.8 Å². The van der Waals surface area contributed by atoms with Crippen LogP contribution in [0.1, 0.15) is 54.9 Å². The minimum absolute atomic E-state index is 0.0891. The van der Waals surface area contributed by atoms with Gasteiger partial charge in [-0.15, -0.1) is 0 Å².